The van der Waals surface area contributed by atoms with Crippen molar-refractivity contribution in [2.24, 2.45) is 0 Å². The van der Waals surface area contributed by atoms with E-state index >= 15 is 0 Å². The second-order valence-corrected chi connectivity index (χ2v) is 5.02. The molecule has 0 bridgehead atoms. The Bertz CT molecular complexity index is 391. The number of ether oxygens (including phenoxy) is 2. The zero-order valence-corrected chi connectivity index (χ0v) is 12.2. The molecule has 0 aromatic heterocycles. The standard InChI is InChI=1S/C16H24O3/c1-12(2)9-15(17)10-13(3)19-11-14-5-7-16(18-4)8-6-14/h5-9,13,15,17H,10-11H2,1-4H3/t13-,15?/m1/s1. The summed E-state index contributed by atoms with van der Waals surface area (Å²) in [6.45, 7) is 6.48. The van der Waals surface area contributed by atoms with Gasteiger partial charge in [0, 0.05) is 6.42 Å². The largest absolute Gasteiger partial charge is 0.497 e. The molecule has 0 spiro atoms. The average Bonchev–Trinajstić information content (AvgIpc) is 2.36. The fourth-order valence-corrected chi connectivity index (χ4v) is 1.82. The maximum absolute atomic E-state index is 9.78. The third kappa shape index (κ3) is 6.41. The van der Waals surface area contributed by atoms with Crippen LogP contribution in [0.25, 0.3) is 0 Å². The van der Waals surface area contributed by atoms with Gasteiger partial charge in [-0.1, -0.05) is 23.8 Å². The fourth-order valence-electron chi connectivity index (χ4n) is 1.82. The zero-order chi connectivity index (χ0) is 14.3. The molecule has 0 fully saturated rings. The van der Waals surface area contributed by atoms with Gasteiger partial charge in [0.05, 0.1) is 25.9 Å². The molecule has 1 rings (SSSR count). The van der Waals surface area contributed by atoms with Crippen molar-refractivity contribution in [3.63, 3.8) is 0 Å². The number of allylic oxidation sites excluding steroid dienone is 1. The minimum Gasteiger partial charge on any atom is -0.497 e. The molecule has 3 heteroatoms. The number of rotatable bonds is 7. The zero-order valence-electron chi connectivity index (χ0n) is 12.2. The van der Waals surface area contributed by atoms with Crippen molar-refractivity contribution >= 4 is 0 Å². The molecule has 0 aliphatic carbocycles. The van der Waals surface area contributed by atoms with Gasteiger partial charge in [-0.15, -0.1) is 0 Å². The fraction of sp³-hybridized carbons (Fsp3) is 0.500. The van der Waals surface area contributed by atoms with E-state index < -0.39 is 6.10 Å². The lowest BCUT2D eigenvalue weighted by molar-refractivity contribution is 0.0245. The highest BCUT2D eigenvalue weighted by Crippen LogP contribution is 2.14. The minimum absolute atomic E-state index is 0.0210. The highest BCUT2D eigenvalue weighted by Gasteiger charge is 2.08. The first kappa shape index (κ1) is 15.7. The molecule has 1 N–H and O–H groups in total. The lowest BCUT2D eigenvalue weighted by Crippen LogP contribution is -2.16. The molecular formula is C16H24O3. The molecule has 106 valence electrons. The Morgan fingerprint density at radius 1 is 1.26 bits per heavy atom. The monoisotopic (exact) mass is 264 g/mol. The molecule has 0 saturated heterocycles. The van der Waals surface area contributed by atoms with Crippen LogP contribution in [-0.4, -0.2) is 24.4 Å². The number of aliphatic hydroxyl groups is 1. The van der Waals surface area contributed by atoms with E-state index in [0.29, 0.717) is 13.0 Å². The first-order valence-electron chi connectivity index (χ1n) is 6.59. The summed E-state index contributed by atoms with van der Waals surface area (Å²) in [4.78, 5) is 0. The Balaban J connectivity index is 2.36. The topological polar surface area (TPSA) is 38.7 Å². The van der Waals surface area contributed by atoms with E-state index in [1.165, 1.54) is 0 Å². The Labute approximate surface area is 115 Å². The van der Waals surface area contributed by atoms with Gasteiger partial charge in [0.25, 0.3) is 0 Å². The summed E-state index contributed by atoms with van der Waals surface area (Å²) >= 11 is 0. The molecule has 0 amide bonds. The van der Waals surface area contributed by atoms with Crippen molar-refractivity contribution in [1.29, 1.82) is 0 Å². The van der Waals surface area contributed by atoms with Crippen LogP contribution in [0.3, 0.4) is 0 Å². The molecule has 19 heavy (non-hydrogen) atoms. The van der Waals surface area contributed by atoms with E-state index in [1.54, 1.807) is 7.11 Å². The van der Waals surface area contributed by atoms with Crippen molar-refractivity contribution < 1.29 is 14.6 Å². The second kappa shape index (κ2) is 7.97. The molecule has 0 saturated carbocycles. The molecule has 1 unspecified atom stereocenters. The average molecular weight is 264 g/mol. The third-order valence-corrected chi connectivity index (χ3v) is 2.79. The quantitative estimate of drug-likeness (QED) is 0.768. The molecule has 0 aliphatic rings. The Kier molecular flexibility index (Phi) is 6.60. The van der Waals surface area contributed by atoms with Crippen molar-refractivity contribution in [2.75, 3.05) is 7.11 Å². The molecular weight excluding hydrogens is 240 g/mol. The smallest absolute Gasteiger partial charge is 0.118 e. The Morgan fingerprint density at radius 3 is 2.42 bits per heavy atom. The summed E-state index contributed by atoms with van der Waals surface area (Å²) in [6, 6.07) is 7.80. The van der Waals surface area contributed by atoms with Crippen molar-refractivity contribution in [3.8, 4) is 5.75 Å². The number of hydrogen-bond acceptors (Lipinski definition) is 3. The summed E-state index contributed by atoms with van der Waals surface area (Å²) in [7, 11) is 1.65. The second-order valence-electron chi connectivity index (χ2n) is 5.02. The van der Waals surface area contributed by atoms with E-state index in [1.807, 2.05) is 51.1 Å². The summed E-state index contributed by atoms with van der Waals surface area (Å²) in [5.41, 5.74) is 2.22. The van der Waals surface area contributed by atoms with E-state index in [-0.39, 0.29) is 6.10 Å². The van der Waals surface area contributed by atoms with Crippen molar-refractivity contribution in [2.45, 2.75) is 46.0 Å². The summed E-state index contributed by atoms with van der Waals surface area (Å²) in [5.74, 6) is 0.843. The minimum atomic E-state index is -0.434. The van der Waals surface area contributed by atoms with Crippen molar-refractivity contribution in [1.82, 2.24) is 0 Å². The van der Waals surface area contributed by atoms with Crippen LogP contribution < -0.4 is 4.74 Å². The molecule has 0 radical (unpaired) electrons. The van der Waals surface area contributed by atoms with Crippen LogP contribution in [0.1, 0.15) is 32.8 Å². The van der Waals surface area contributed by atoms with E-state index in [0.717, 1.165) is 16.9 Å². The molecule has 0 heterocycles. The predicted octanol–water partition coefficient (Wildman–Crippen LogP) is 3.32. The molecule has 1 aromatic carbocycles. The molecule has 1 aromatic rings. The number of aliphatic hydroxyl groups excluding tert-OH is 1. The predicted molar refractivity (Wildman–Crippen MR) is 77.3 cm³/mol. The van der Waals surface area contributed by atoms with Crippen LogP contribution in [0.4, 0.5) is 0 Å². The first-order chi connectivity index (χ1) is 9.01. The van der Waals surface area contributed by atoms with Gasteiger partial charge < -0.3 is 14.6 Å². The molecule has 0 aliphatic heterocycles. The molecule has 3 nitrogen and oxygen atoms in total. The normalized spacial score (nSPS) is 13.7. The summed E-state index contributed by atoms with van der Waals surface area (Å²) in [6.07, 6.45) is 2.05. The van der Waals surface area contributed by atoms with Gasteiger partial charge in [-0.25, -0.2) is 0 Å². The van der Waals surface area contributed by atoms with Gasteiger partial charge in [-0.05, 0) is 38.5 Å². The lowest BCUT2D eigenvalue weighted by Gasteiger charge is -2.15. The van der Waals surface area contributed by atoms with Gasteiger partial charge in [-0.3, -0.25) is 0 Å². The van der Waals surface area contributed by atoms with Gasteiger partial charge >= 0.3 is 0 Å². The maximum Gasteiger partial charge on any atom is 0.118 e. The van der Waals surface area contributed by atoms with Gasteiger partial charge in [-0.2, -0.15) is 0 Å². The summed E-state index contributed by atoms with van der Waals surface area (Å²) < 4.78 is 10.8. The van der Waals surface area contributed by atoms with E-state index in [9.17, 15) is 5.11 Å². The van der Waals surface area contributed by atoms with Crippen LogP contribution in [0.5, 0.6) is 5.75 Å². The molecule has 2 atom stereocenters. The third-order valence-electron chi connectivity index (χ3n) is 2.79. The van der Waals surface area contributed by atoms with Gasteiger partial charge in [0.15, 0.2) is 0 Å². The first-order valence-corrected chi connectivity index (χ1v) is 6.59. The van der Waals surface area contributed by atoms with Crippen LogP contribution in [0.15, 0.2) is 35.9 Å². The summed E-state index contributed by atoms with van der Waals surface area (Å²) in [5, 5.41) is 9.78. The Morgan fingerprint density at radius 2 is 1.89 bits per heavy atom. The van der Waals surface area contributed by atoms with Crippen LogP contribution in [-0.2, 0) is 11.3 Å². The van der Waals surface area contributed by atoms with Crippen LogP contribution in [0.2, 0.25) is 0 Å². The van der Waals surface area contributed by atoms with Crippen molar-refractivity contribution in [3.05, 3.63) is 41.5 Å². The highest BCUT2D eigenvalue weighted by molar-refractivity contribution is 5.26. The maximum atomic E-state index is 9.78. The highest BCUT2D eigenvalue weighted by atomic mass is 16.5. The van der Waals surface area contributed by atoms with Crippen LogP contribution in [0, 0.1) is 0 Å². The Hall–Kier alpha value is -1.32. The number of hydrogen-bond donors (Lipinski definition) is 1. The SMILES string of the molecule is COc1ccc(CO[C@H](C)CC(O)C=C(C)C)cc1. The van der Waals surface area contributed by atoms with Gasteiger partial charge in [0.2, 0.25) is 0 Å². The van der Waals surface area contributed by atoms with Gasteiger partial charge in [0.1, 0.15) is 5.75 Å². The van der Waals surface area contributed by atoms with E-state index in [2.05, 4.69) is 0 Å². The van der Waals surface area contributed by atoms with Crippen LogP contribution >= 0.6 is 0 Å². The number of methoxy groups -OCH3 is 1. The lowest BCUT2D eigenvalue weighted by atomic mass is 10.1. The van der Waals surface area contributed by atoms with E-state index in [4.69, 9.17) is 9.47 Å². The number of benzene rings is 1.